The summed E-state index contributed by atoms with van der Waals surface area (Å²) in [4.78, 5) is 0. The molecule has 0 fully saturated rings. The molecule has 5 aromatic rings. The first-order valence-corrected chi connectivity index (χ1v) is 17.9. The first-order valence-electron chi connectivity index (χ1n) is 11.7. The zero-order chi connectivity index (χ0) is 23.7. The first kappa shape index (κ1) is 28.7. The van der Waals surface area contributed by atoms with Crippen LogP contribution in [0.15, 0.2) is 84.9 Å². The molecule has 0 bridgehead atoms. The van der Waals surface area contributed by atoms with Crippen molar-refractivity contribution < 1.29 is 48.1 Å². The number of hydrogen-bond donors (Lipinski definition) is 0. The van der Waals surface area contributed by atoms with Gasteiger partial charge in [-0.1, -0.05) is 70.8 Å². The number of rotatable bonds is 0. The van der Waals surface area contributed by atoms with Gasteiger partial charge in [0, 0.05) is 13.5 Å². The van der Waals surface area contributed by atoms with Crippen LogP contribution in [-0.2, 0) is 43.2 Å². The molecule has 4 aromatic carbocycles. The Morgan fingerprint density at radius 3 is 2.00 bits per heavy atom. The molecule has 1 nitrogen and oxygen atoms in total. The van der Waals surface area contributed by atoms with E-state index >= 15 is 0 Å². The summed E-state index contributed by atoms with van der Waals surface area (Å²) in [6.07, 6.45) is 2.09. The van der Waals surface area contributed by atoms with Gasteiger partial charge in [0.1, 0.15) is 0 Å². The summed E-state index contributed by atoms with van der Waals surface area (Å²) in [6.45, 7) is 4.62. The second kappa shape index (κ2) is 12.6. The number of hydrogen-bond acceptors (Lipinski definition) is 0. The van der Waals surface area contributed by atoms with Crippen molar-refractivity contribution in [2.75, 3.05) is 0 Å². The Bertz CT molecular complexity index is 1480. The molecule has 0 aliphatic heterocycles. The van der Waals surface area contributed by atoms with Crippen LogP contribution in [0.1, 0.15) is 22.4 Å². The van der Waals surface area contributed by atoms with Crippen molar-refractivity contribution in [1.29, 1.82) is 0 Å². The fraction of sp³-hybridized carbons (Fsp3) is 0.161. The van der Waals surface area contributed by atoms with Crippen LogP contribution in [-0.4, -0.2) is 10.0 Å². The number of fused-ring (bicyclic) bond motifs is 8. The minimum Gasteiger partial charge on any atom is -1.00 e. The average Bonchev–Trinajstić information content (AvgIpc) is 3.50. The smallest absolute Gasteiger partial charge is 0.00351 e. The van der Waals surface area contributed by atoms with E-state index in [0.717, 1.165) is 12.8 Å². The second-order valence-electron chi connectivity index (χ2n) is 9.04. The molecule has 0 amide bonds. The molecular weight excluding hydrogens is 577 g/mol. The molecule has 7 rings (SSSR count). The van der Waals surface area contributed by atoms with Gasteiger partial charge in [0.25, 0.3) is 0 Å². The van der Waals surface area contributed by atoms with Crippen molar-refractivity contribution in [3.05, 3.63) is 119 Å². The number of aryl methyl sites for hydroxylation is 1. The molecule has 5 heteroatoms. The zero-order valence-electron chi connectivity index (χ0n) is 20.7. The van der Waals surface area contributed by atoms with E-state index in [1.807, 2.05) is 12.1 Å². The SMILES string of the molecule is C[Si](C)=[Zr+2].Cn1c2c(c3[c-]cccc31)-c1ccccc1C2.[Cl-].[Cl-].[c-]1cccc2c1Cc1ccccc1-2. The van der Waals surface area contributed by atoms with Crippen molar-refractivity contribution in [2.45, 2.75) is 25.9 Å². The number of halogens is 2. The first-order chi connectivity index (χ1) is 16.5. The van der Waals surface area contributed by atoms with Crippen LogP contribution in [0.25, 0.3) is 33.2 Å². The zero-order valence-corrected chi connectivity index (χ0v) is 25.7. The van der Waals surface area contributed by atoms with Gasteiger partial charge in [-0.3, -0.25) is 0 Å². The van der Waals surface area contributed by atoms with Crippen LogP contribution < -0.4 is 24.8 Å². The Hall–Kier alpha value is -1.90. The summed E-state index contributed by atoms with van der Waals surface area (Å²) in [5, 5.41) is 1.26. The average molecular weight is 604 g/mol. The fourth-order valence-corrected chi connectivity index (χ4v) is 4.96. The van der Waals surface area contributed by atoms with Crippen molar-refractivity contribution in [3.63, 3.8) is 0 Å². The molecule has 0 radical (unpaired) electrons. The van der Waals surface area contributed by atoms with Crippen LogP contribution in [0, 0.1) is 12.1 Å². The Morgan fingerprint density at radius 1 is 0.722 bits per heavy atom. The van der Waals surface area contributed by atoms with E-state index in [1.165, 1.54) is 55.5 Å². The molecule has 0 spiro atoms. The molecule has 2 aliphatic rings. The number of aromatic nitrogens is 1. The van der Waals surface area contributed by atoms with Crippen LogP contribution in [0.4, 0.5) is 0 Å². The molecule has 0 saturated carbocycles. The molecule has 1 aromatic heterocycles. The summed E-state index contributed by atoms with van der Waals surface area (Å²) in [7, 11) is 2.15. The van der Waals surface area contributed by atoms with E-state index in [4.69, 9.17) is 0 Å². The Kier molecular flexibility index (Phi) is 10.0. The fourth-order valence-electron chi connectivity index (χ4n) is 4.96. The van der Waals surface area contributed by atoms with Crippen molar-refractivity contribution in [2.24, 2.45) is 7.05 Å². The van der Waals surface area contributed by atoms with Crippen molar-refractivity contribution in [3.8, 4) is 22.3 Å². The normalized spacial score (nSPS) is 11.2. The Labute approximate surface area is 242 Å². The third-order valence-electron chi connectivity index (χ3n) is 6.40. The van der Waals surface area contributed by atoms with Gasteiger partial charge in [-0.2, -0.15) is 29.8 Å². The predicted octanol–water partition coefficient (Wildman–Crippen LogP) is 1.40. The monoisotopic (exact) mass is 601 g/mol. The van der Waals surface area contributed by atoms with Crippen LogP contribution in [0.3, 0.4) is 0 Å². The summed E-state index contributed by atoms with van der Waals surface area (Å²) in [6, 6.07) is 36.4. The Morgan fingerprint density at radius 2 is 1.28 bits per heavy atom. The summed E-state index contributed by atoms with van der Waals surface area (Å²) in [5.74, 6) is 0. The molecule has 0 N–H and O–H groups in total. The molecule has 0 saturated heterocycles. The minimum absolute atomic E-state index is 0. The van der Waals surface area contributed by atoms with E-state index in [-0.39, 0.29) is 30.2 Å². The van der Waals surface area contributed by atoms with Gasteiger partial charge in [-0.15, -0.1) is 35.2 Å². The van der Waals surface area contributed by atoms with Crippen LogP contribution >= 0.6 is 0 Å². The van der Waals surface area contributed by atoms with Crippen molar-refractivity contribution >= 4 is 16.3 Å². The maximum Gasteiger partial charge on any atom is 0.00351 e. The number of nitrogens with zero attached hydrogens (tertiary/aromatic N) is 1. The maximum absolute atomic E-state index is 3.39. The van der Waals surface area contributed by atoms with Gasteiger partial charge in [0.2, 0.25) is 0 Å². The molecule has 0 atom stereocenters. The van der Waals surface area contributed by atoms with E-state index in [0.29, 0.717) is 0 Å². The number of benzene rings is 4. The third kappa shape index (κ3) is 5.65. The molecule has 1 heterocycles. The quantitative estimate of drug-likeness (QED) is 0.183. The van der Waals surface area contributed by atoms with Crippen LogP contribution in [0.2, 0.25) is 13.1 Å². The standard InChI is InChI=1S/C16H12N.C13H9.C2H6Si.2ClH.Zr/c1-17-14-9-5-4-8-13(14)16-12-7-3-2-6-11(12)10-15(16)17;1-3-7-12-10(5-1)9-11-6-2-4-8-13(11)12;1-3-2;;;/h2-7,9H,10H2,1H3;1-5,7-8H,9H2;1-2H3;2*1H;/q2*-1;;;;+2/p-2. The summed E-state index contributed by atoms with van der Waals surface area (Å²) >= 11 is 1.74. The Balaban J connectivity index is 0.000000171. The van der Waals surface area contributed by atoms with Gasteiger partial charge in [-0.25, -0.2) is 0 Å². The summed E-state index contributed by atoms with van der Waals surface area (Å²) < 4.78 is 2.31. The van der Waals surface area contributed by atoms with E-state index in [1.54, 1.807) is 23.3 Å². The van der Waals surface area contributed by atoms with Crippen molar-refractivity contribution in [1.82, 2.24) is 4.57 Å². The molecule has 36 heavy (non-hydrogen) atoms. The van der Waals surface area contributed by atoms with Gasteiger partial charge in [-0.05, 0) is 23.2 Å². The molecule has 2 aliphatic carbocycles. The minimum atomic E-state index is 0. The van der Waals surface area contributed by atoms with Crippen LogP contribution in [0.5, 0.6) is 0 Å². The predicted molar refractivity (Wildman–Crippen MR) is 141 cm³/mol. The molecular formula is C31H27Cl2NSiZr-2. The van der Waals surface area contributed by atoms with E-state index < -0.39 is 0 Å². The molecule has 0 unspecified atom stereocenters. The van der Waals surface area contributed by atoms with Gasteiger partial charge >= 0.3 is 41.9 Å². The van der Waals surface area contributed by atoms with E-state index in [9.17, 15) is 0 Å². The largest absolute Gasteiger partial charge is 1.00 e. The van der Waals surface area contributed by atoms with Gasteiger partial charge < -0.3 is 29.4 Å². The molecule has 180 valence electrons. The van der Waals surface area contributed by atoms with Gasteiger partial charge in [0.15, 0.2) is 0 Å². The van der Waals surface area contributed by atoms with E-state index in [2.05, 4.69) is 110 Å². The van der Waals surface area contributed by atoms with Gasteiger partial charge in [0.05, 0.1) is 0 Å². The maximum atomic E-state index is 3.39. The topological polar surface area (TPSA) is 4.93 Å². The second-order valence-corrected chi connectivity index (χ2v) is 18.4. The summed E-state index contributed by atoms with van der Waals surface area (Å²) in [5.41, 5.74) is 12.6. The third-order valence-corrected chi connectivity index (χ3v) is 6.40.